The summed E-state index contributed by atoms with van der Waals surface area (Å²) in [6.45, 7) is 0. The van der Waals surface area contributed by atoms with Crippen LogP contribution in [0.2, 0.25) is 0 Å². The van der Waals surface area contributed by atoms with Gasteiger partial charge in [0, 0.05) is 5.92 Å². The van der Waals surface area contributed by atoms with E-state index in [1.165, 1.54) is 36.8 Å². The Morgan fingerprint density at radius 2 is 2.29 bits per heavy atom. The highest BCUT2D eigenvalue weighted by Gasteiger charge is 2.37. The van der Waals surface area contributed by atoms with Crippen molar-refractivity contribution in [3.63, 3.8) is 0 Å². The summed E-state index contributed by atoms with van der Waals surface area (Å²) in [5, 5.41) is 0. The van der Waals surface area contributed by atoms with E-state index in [1.54, 1.807) is 6.08 Å². The van der Waals surface area contributed by atoms with Crippen molar-refractivity contribution in [3.8, 4) is 0 Å². The summed E-state index contributed by atoms with van der Waals surface area (Å²) < 4.78 is 0. The molecular weight excluding hydrogens is 174 g/mol. The molecule has 0 aromatic rings. The number of aliphatic imine (C=N–C) groups is 1. The first-order valence-electron chi connectivity index (χ1n) is 5.42. The molecule has 3 aliphatic rings. The highest BCUT2D eigenvalue weighted by Crippen LogP contribution is 2.50. The van der Waals surface area contributed by atoms with Gasteiger partial charge in [-0.1, -0.05) is 12.5 Å². The highest BCUT2D eigenvalue weighted by molar-refractivity contribution is 5.51. The standard InChI is InChI=1S/C12H13NO/c14-7-13-12-10-3-1-2-8(10)6-9-4-5-11(9)12/h6,8,10H,1-5H2. The van der Waals surface area contributed by atoms with E-state index >= 15 is 0 Å². The summed E-state index contributed by atoms with van der Waals surface area (Å²) in [4.78, 5) is 14.3. The van der Waals surface area contributed by atoms with Crippen LogP contribution in [-0.2, 0) is 4.79 Å². The largest absolute Gasteiger partial charge is 0.240 e. The molecule has 72 valence electrons. The van der Waals surface area contributed by atoms with Crippen LogP contribution >= 0.6 is 0 Å². The Kier molecular flexibility index (Phi) is 1.71. The Balaban J connectivity index is 2.07. The van der Waals surface area contributed by atoms with Crippen molar-refractivity contribution in [2.24, 2.45) is 16.8 Å². The minimum atomic E-state index is 0.537. The monoisotopic (exact) mass is 187 g/mol. The summed E-state index contributed by atoms with van der Waals surface area (Å²) in [7, 11) is 0. The Hall–Kier alpha value is -1.14. The lowest BCUT2D eigenvalue weighted by Gasteiger charge is -2.33. The molecule has 3 rings (SSSR count). The summed E-state index contributed by atoms with van der Waals surface area (Å²) in [6, 6.07) is 0. The zero-order chi connectivity index (χ0) is 9.54. The van der Waals surface area contributed by atoms with Gasteiger partial charge in [0.05, 0.1) is 5.70 Å². The highest BCUT2D eigenvalue weighted by atomic mass is 16.1. The van der Waals surface area contributed by atoms with Crippen molar-refractivity contribution in [2.75, 3.05) is 0 Å². The topological polar surface area (TPSA) is 29.4 Å². The molecule has 2 atom stereocenters. The molecule has 2 heteroatoms. The number of rotatable bonds is 1. The lowest BCUT2D eigenvalue weighted by molar-refractivity contribution is 0.487. The predicted molar refractivity (Wildman–Crippen MR) is 53.3 cm³/mol. The van der Waals surface area contributed by atoms with E-state index in [0.717, 1.165) is 12.1 Å². The molecule has 2 nitrogen and oxygen atoms in total. The predicted octanol–water partition coefficient (Wildman–Crippen LogP) is 2.73. The van der Waals surface area contributed by atoms with E-state index in [9.17, 15) is 4.79 Å². The van der Waals surface area contributed by atoms with Crippen molar-refractivity contribution in [2.45, 2.75) is 32.1 Å². The Morgan fingerprint density at radius 3 is 3.00 bits per heavy atom. The van der Waals surface area contributed by atoms with Gasteiger partial charge in [0.1, 0.15) is 0 Å². The van der Waals surface area contributed by atoms with Crippen molar-refractivity contribution in [1.29, 1.82) is 0 Å². The van der Waals surface area contributed by atoms with E-state index in [1.807, 2.05) is 0 Å². The third kappa shape index (κ3) is 0.978. The van der Waals surface area contributed by atoms with Crippen LogP contribution in [-0.4, -0.2) is 6.08 Å². The fourth-order valence-corrected chi connectivity index (χ4v) is 3.08. The molecule has 0 aromatic carbocycles. The second-order valence-corrected chi connectivity index (χ2v) is 4.46. The average Bonchev–Trinajstić information content (AvgIpc) is 2.58. The van der Waals surface area contributed by atoms with Crippen LogP contribution in [0.25, 0.3) is 0 Å². The fraction of sp³-hybridized carbons (Fsp3) is 0.583. The first-order valence-corrected chi connectivity index (χ1v) is 5.42. The zero-order valence-electron chi connectivity index (χ0n) is 8.12. The van der Waals surface area contributed by atoms with E-state index < -0.39 is 0 Å². The van der Waals surface area contributed by atoms with Gasteiger partial charge in [-0.15, -0.1) is 0 Å². The van der Waals surface area contributed by atoms with Crippen LogP contribution in [0.3, 0.4) is 0 Å². The maximum Gasteiger partial charge on any atom is 0.240 e. The maximum atomic E-state index is 10.4. The normalized spacial score (nSPS) is 33.9. The summed E-state index contributed by atoms with van der Waals surface area (Å²) >= 11 is 0. The van der Waals surface area contributed by atoms with Gasteiger partial charge in [-0.3, -0.25) is 0 Å². The van der Waals surface area contributed by atoms with Crippen molar-refractivity contribution < 1.29 is 4.79 Å². The van der Waals surface area contributed by atoms with Gasteiger partial charge in [-0.05, 0) is 42.7 Å². The van der Waals surface area contributed by atoms with Crippen molar-refractivity contribution in [3.05, 3.63) is 22.9 Å². The third-order valence-electron chi connectivity index (χ3n) is 3.84. The molecule has 0 N–H and O–H groups in total. The Bertz CT molecular complexity index is 385. The van der Waals surface area contributed by atoms with Gasteiger partial charge < -0.3 is 0 Å². The molecule has 0 bridgehead atoms. The molecule has 3 aliphatic carbocycles. The van der Waals surface area contributed by atoms with E-state index in [-0.39, 0.29) is 0 Å². The Labute approximate surface area is 83.4 Å². The number of hydrogen-bond donors (Lipinski definition) is 0. The Morgan fingerprint density at radius 1 is 1.36 bits per heavy atom. The molecule has 0 saturated heterocycles. The first kappa shape index (κ1) is 8.19. The molecule has 0 spiro atoms. The number of isocyanates is 1. The number of fused-ring (bicyclic) bond motifs is 2. The first-order chi connectivity index (χ1) is 6.90. The van der Waals surface area contributed by atoms with Gasteiger partial charge in [0.15, 0.2) is 0 Å². The number of hydrogen-bond acceptors (Lipinski definition) is 2. The van der Waals surface area contributed by atoms with Crippen molar-refractivity contribution in [1.82, 2.24) is 0 Å². The van der Waals surface area contributed by atoms with Crippen molar-refractivity contribution >= 4 is 6.08 Å². The second kappa shape index (κ2) is 2.93. The van der Waals surface area contributed by atoms with Crippen LogP contribution in [0, 0.1) is 11.8 Å². The minimum absolute atomic E-state index is 0.537. The molecule has 2 saturated carbocycles. The lowest BCUT2D eigenvalue weighted by Crippen LogP contribution is -2.20. The summed E-state index contributed by atoms with van der Waals surface area (Å²) in [5.74, 6) is 1.21. The smallest absolute Gasteiger partial charge is 0.211 e. The van der Waals surface area contributed by atoms with Gasteiger partial charge in [0.2, 0.25) is 6.08 Å². The van der Waals surface area contributed by atoms with Crippen LogP contribution in [0.15, 0.2) is 27.9 Å². The number of nitrogens with zero attached hydrogens (tertiary/aromatic N) is 1. The van der Waals surface area contributed by atoms with E-state index in [0.29, 0.717) is 11.8 Å². The van der Waals surface area contributed by atoms with Crippen LogP contribution in [0.5, 0.6) is 0 Å². The quantitative estimate of drug-likeness (QED) is 0.458. The van der Waals surface area contributed by atoms with Crippen LogP contribution in [0.1, 0.15) is 32.1 Å². The molecule has 0 heterocycles. The lowest BCUT2D eigenvalue weighted by atomic mass is 9.72. The third-order valence-corrected chi connectivity index (χ3v) is 3.84. The van der Waals surface area contributed by atoms with Gasteiger partial charge in [-0.25, -0.2) is 4.79 Å². The average molecular weight is 187 g/mol. The van der Waals surface area contributed by atoms with Gasteiger partial charge >= 0.3 is 0 Å². The molecular formula is C12H13NO. The van der Waals surface area contributed by atoms with E-state index in [2.05, 4.69) is 11.1 Å². The summed E-state index contributed by atoms with van der Waals surface area (Å²) in [5.41, 5.74) is 3.89. The molecule has 2 fully saturated rings. The van der Waals surface area contributed by atoms with Gasteiger partial charge in [0.25, 0.3) is 0 Å². The molecule has 14 heavy (non-hydrogen) atoms. The molecule has 0 radical (unpaired) electrons. The summed E-state index contributed by atoms with van der Waals surface area (Å²) in [6.07, 6.45) is 10.2. The number of carbonyl (C=O) groups excluding carboxylic acids is 1. The fourth-order valence-electron chi connectivity index (χ4n) is 3.08. The SMILES string of the molecule is O=C=NC1=C2CCC2=CC2CCCC12. The second-order valence-electron chi connectivity index (χ2n) is 4.46. The molecule has 0 amide bonds. The van der Waals surface area contributed by atoms with Gasteiger partial charge in [-0.2, -0.15) is 4.99 Å². The maximum absolute atomic E-state index is 10.4. The van der Waals surface area contributed by atoms with Crippen LogP contribution < -0.4 is 0 Å². The minimum Gasteiger partial charge on any atom is -0.211 e. The molecule has 0 aromatic heterocycles. The zero-order valence-corrected chi connectivity index (χ0v) is 8.12. The van der Waals surface area contributed by atoms with E-state index in [4.69, 9.17) is 0 Å². The molecule has 2 unspecified atom stereocenters. The van der Waals surface area contributed by atoms with Crippen LogP contribution in [0.4, 0.5) is 0 Å². The number of allylic oxidation sites excluding steroid dienone is 4. The molecule has 0 aliphatic heterocycles.